The van der Waals surface area contributed by atoms with Gasteiger partial charge in [-0.25, -0.2) is 4.79 Å². The number of aromatic nitrogens is 2. The van der Waals surface area contributed by atoms with Crippen LogP contribution in [0.15, 0.2) is 47.5 Å². The van der Waals surface area contributed by atoms with Gasteiger partial charge >= 0.3 is 5.69 Å². The van der Waals surface area contributed by atoms with Gasteiger partial charge in [0.15, 0.2) is 0 Å². The van der Waals surface area contributed by atoms with Gasteiger partial charge in [-0.15, -0.1) is 0 Å². The normalized spacial score (nSPS) is 16.0. The monoisotopic (exact) mass is 285 g/mol. The molecule has 1 aromatic heterocycles. The van der Waals surface area contributed by atoms with Crippen molar-refractivity contribution in [3.8, 4) is 0 Å². The third-order valence-electron chi connectivity index (χ3n) is 4.04. The van der Waals surface area contributed by atoms with Crippen LogP contribution in [0.3, 0.4) is 0 Å². The van der Waals surface area contributed by atoms with Crippen LogP contribution >= 0.6 is 0 Å². The highest BCUT2D eigenvalue weighted by Crippen LogP contribution is 2.33. The molecule has 0 spiro atoms. The lowest BCUT2D eigenvalue weighted by atomic mass is 10.1. The predicted molar refractivity (Wildman–Crippen MR) is 84.4 cm³/mol. The topological polar surface area (TPSA) is 39.0 Å². The first-order chi connectivity index (χ1) is 10.3. The molecule has 4 nitrogen and oxygen atoms in total. The van der Waals surface area contributed by atoms with Crippen molar-refractivity contribution in [1.29, 1.82) is 0 Å². The molecule has 2 aromatic rings. The van der Waals surface area contributed by atoms with Crippen molar-refractivity contribution >= 4 is 0 Å². The average molecular weight is 285 g/mol. The van der Waals surface area contributed by atoms with Crippen LogP contribution in [0.5, 0.6) is 0 Å². The SMILES string of the molecule is CCCNC(Cn1ccn(C2CC2)c1=O)c1ccccc1. The molecule has 3 rings (SSSR count). The number of hydrogen-bond donors (Lipinski definition) is 1. The van der Waals surface area contributed by atoms with Gasteiger partial charge < -0.3 is 5.32 Å². The van der Waals surface area contributed by atoms with E-state index in [4.69, 9.17) is 0 Å². The van der Waals surface area contributed by atoms with Crippen molar-refractivity contribution < 1.29 is 0 Å². The molecule has 0 bridgehead atoms. The van der Waals surface area contributed by atoms with E-state index in [0.717, 1.165) is 25.8 Å². The Morgan fingerprint density at radius 2 is 2.00 bits per heavy atom. The van der Waals surface area contributed by atoms with Gasteiger partial charge in [-0.1, -0.05) is 37.3 Å². The zero-order valence-electron chi connectivity index (χ0n) is 12.5. The van der Waals surface area contributed by atoms with Crippen LogP contribution < -0.4 is 11.0 Å². The molecule has 0 saturated heterocycles. The molecule has 1 saturated carbocycles. The zero-order chi connectivity index (χ0) is 14.7. The maximum atomic E-state index is 12.4. The maximum Gasteiger partial charge on any atom is 0.328 e. The zero-order valence-corrected chi connectivity index (χ0v) is 12.5. The first-order valence-electron chi connectivity index (χ1n) is 7.85. The van der Waals surface area contributed by atoms with E-state index in [-0.39, 0.29) is 11.7 Å². The Balaban J connectivity index is 1.79. The van der Waals surface area contributed by atoms with E-state index in [1.807, 2.05) is 39.7 Å². The summed E-state index contributed by atoms with van der Waals surface area (Å²) in [6.07, 6.45) is 7.22. The molecule has 0 amide bonds. The molecule has 1 atom stereocenters. The molecule has 1 N–H and O–H groups in total. The number of benzene rings is 1. The van der Waals surface area contributed by atoms with Crippen LogP contribution in [0.25, 0.3) is 0 Å². The Morgan fingerprint density at radius 1 is 1.24 bits per heavy atom. The van der Waals surface area contributed by atoms with Crippen LogP contribution in [-0.2, 0) is 6.54 Å². The fourth-order valence-electron chi connectivity index (χ4n) is 2.69. The summed E-state index contributed by atoms with van der Waals surface area (Å²) in [6.45, 7) is 3.80. The van der Waals surface area contributed by atoms with Gasteiger partial charge in [-0.2, -0.15) is 0 Å². The molecule has 4 heteroatoms. The van der Waals surface area contributed by atoms with Gasteiger partial charge in [0.2, 0.25) is 0 Å². The average Bonchev–Trinajstić information content (AvgIpc) is 3.29. The van der Waals surface area contributed by atoms with E-state index >= 15 is 0 Å². The van der Waals surface area contributed by atoms with Crippen LogP contribution in [0.2, 0.25) is 0 Å². The van der Waals surface area contributed by atoms with Crippen molar-refractivity contribution in [2.45, 2.75) is 44.8 Å². The summed E-state index contributed by atoms with van der Waals surface area (Å²) >= 11 is 0. The fraction of sp³-hybridized carbons (Fsp3) is 0.471. The van der Waals surface area contributed by atoms with Crippen LogP contribution in [0.1, 0.15) is 43.8 Å². The van der Waals surface area contributed by atoms with Gasteiger partial charge in [0.05, 0.1) is 6.04 Å². The molecule has 1 aliphatic rings. The molecular weight excluding hydrogens is 262 g/mol. The quantitative estimate of drug-likeness (QED) is 0.849. The smallest absolute Gasteiger partial charge is 0.308 e. The number of hydrogen-bond acceptors (Lipinski definition) is 2. The molecule has 1 unspecified atom stereocenters. The lowest BCUT2D eigenvalue weighted by molar-refractivity contribution is 0.452. The summed E-state index contributed by atoms with van der Waals surface area (Å²) in [4.78, 5) is 12.4. The van der Waals surface area contributed by atoms with E-state index < -0.39 is 0 Å². The number of rotatable bonds is 7. The van der Waals surface area contributed by atoms with Crippen molar-refractivity contribution in [3.05, 3.63) is 58.8 Å². The Labute approximate surface area is 125 Å². The molecular formula is C17H23N3O. The standard InChI is InChI=1S/C17H23N3O/c1-2-10-18-16(14-6-4-3-5-7-14)13-19-11-12-20(17(19)21)15-8-9-15/h3-7,11-12,15-16,18H,2,8-10,13H2,1H3. The number of imidazole rings is 1. The van der Waals surface area contributed by atoms with Crippen LogP contribution in [0.4, 0.5) is 0 Å². The Hall–Kier alpha value is -1.81. The van der Waals surface area contributed by atoms with E-state index in [9.17, 15) is 4.79 Å². The van der Waals surface area contributed by atoms with Crippen molar-refractivity contribution in [1.82, 2.24) is 14.5 Å². The summed E-state index contributed by atoms with van der Waals surface area (Å²) in [7, 11) is 0. The Morgan fingerprint density at radius 3 is 2.67 bits per heavy atom. The highest BCUT2D eigenvalue weighted by Gasteiger charge is 2.26. The fourth-order valence-corrected chi connectivity index (χ4v) is 2.69. The highest BCUT2D eigenvalue weighted by molar-refractivity contribution is 5.18. The minimum atomic E-state index is 0.122. The lowest BCUT2D eigenvalue weighted by Crippen LogP contribution is -2.31. The molecule has 0 aliphatic heterocycles. The van der Waals surface area contributed by atoms with E-state index in [0.29, 0.717) is 12.6 Å². The third kappa shape index (κ3) is 3.27. The van der Waals surface area contributed by atoms with Crippen LogP contribution in [-0.4, -0.2) is 15.7 Å². The summed E-state index contributed by atoms with van der Waals surface area (Å²) in [5.74, 6) is 0. The van der Waals surface area contributed by atoms with Gasteiger partial charge in [0, 0.05) is 25.0 Å². The minimum absolute atomic E-state index is 0.122. The van der Waals surface area contributed by atoms with Crippen molar-refractivity contribution in [2.75, 3.05) is 6.54 Å². The first kappa shape index (κ1) is 14.1. The summed E-state index contributed by atoms with van der Waals surface area (Å²) < 4.78 is 3.71. The van der Waals surface area contributed by atoms with Gasteiger partial charge in [-0.05, 0) is 31.4 Å². The molecule has 1 heterocycles. The minimum Gasteiger partial charge on any atom is -0.308 e. The molecule has 0 radical (unpaired) electrons. The van der Waals surface area contributed by atoms with Gasteiger partial charge in [-0.3, -0.25) is 9.13 Å². The van der Waals surface area contributed by atoms with Crippen molar-refractivity contribution in [3.63, 3.8) is 0 Å². The lowest BCUT2D eigenvalue weighted by Gasteiger charge is -2.19. The van der Waals surface area contributed by atoms with Gasteiger partial charge in [0.1, 0.15) is 0 Å². The second-order valence-electron chi connectivity index (χ2n) is 5.79. The number of nitrogens with one attached hydrogen (secondary N) is 1. The summed E-state index contributed by atoms with van der Waals surface area (Å²) in [5.41, 5.74) is 1.36. The molecule has 112 valence electrons. The van der Waals surface area contributed by atoms with E-state index in [1.54, 1.807) is 0 Å². The molecule has 1 aromatic carbocycles. The highest BCUT2D eigenvalue weighted by atomic mass is 16.1. The maximum absolute atomic E-state index is 12.4. The summed E-state index contributed by atoms with van der Waals surface area (Å²) in [5, 5.41) is 3.55. The number of nitrogens with zero attached hydrogens (tertiary/aromatic N) is 2. The van der Waals surface area contributed by atoms with Gasteiger partial charge in [0.25, 0.3) is 0 Å². The largest absolute Gasteiger partial charge is 0.328 e. The molecule has 1 aliphatic carbocycles. The van der Waals surface area contributed by atoms with Crippen molar-refractivity contribution in [2.24, 2.45) is 0 Å². The van der Waals surface area contributed by atoms with Crippen LogP contribution in [0, 0.1) is 0 Å². The van der Waals surface area contributed by atoms with E-state index in [2.05, 4.69) is 24.4 Å². The first-order valence-corrected chi connectivity index (χ1v) is 7.85. The predicted octanol–water partition coefficient (Wildman–Crippen LogP) is 2.73. The molecule has 1 fully saturated rings. The second-order valence-corrected chi connectivity index (χ2v) is 5.79. The Kier molecular flexibility index (Phi) is 4.25. The Bertz CT molecular complexity index is 625. The molecule has 21 heavy (non-hydrogen) atoms. The summed E-state index contributed by atoms with van der Waals surface area (Å²) in [6, 6.07) is 11.0. The third-order valence-corrected chi connectivity index (χ3v) is 4.04. The van der Waals surface area contributed by atoms with E-state index in [1.165, 1.54) is 5.56 Å². The second kappa shape index (κ2) is 6.31.